The fourth-order valence-electron chi connectivity index (χ4n) is 6.42. The van der Waals surface area contributed by atoms with Crippen molar-refractivity contribution in [2.24, 2.45) is 17.8 Å². The molecule has 3 atom stereocenters. The fraction of sp³-hybridized carbons (Fsp3) is 0.652. The molecule has 4 fully saturated rings. The maximum Gasteiger partial charge on any atom is 0.166 e. The number of carbonyl (C=O) groups is 1. The molecule has 150 valence electrons. The summed E-state index contributed by atoms with van der Waals surface area (Å²) < 4.78 is 0. The molecule has 0 radical (unpaired) electrons. The highest BCUT2D eigenvalue weighted by Crippen LogP contribution is 2.56. The zero-order valence-electron chi connectivity index (χ0n) is 16.5. The molecule has 0 aromatic carbocycles. The van der Waals surface area contributed by atoms with Gasteiger partial charge in [0.15, 0.2) is 5.78 Å². The SMILES string of the molecule is CC(O)CCC(=O)c1cnc2c(c1NC1C3CC4CC1CC(O)(C4)C3)C=CC2. The molecule has 0 saturated heterocycles. The number of hydrogen-bond donors (Lipinski definition) is 3. The van der Waals surface area contributed by atoms with E-state index in [2.05, 4.69) is 22.5 Å². The Morgan fingerprint density at radius 2 is 2.07 bits per heavy atom. The van der Waals surface area contributed by atoms with E-state index < -0.39 is 11.7 Å². The molecule has 1 aromatic heterocycles. The quantitative estimate of drug-likeness (QED) is 0.657. The minimum atomic E-state index is -0.479. The minimum Gasteiger partial charge on any atom is -0.393 e. The van der Waals surface area contributed by atoms with Crippen LogP contribution < -0.4 is 5.32 Å². The number of fused-ring (bicyclic) bond motifs is 1. The third kappa shape index (κ3) is 3.09. The zero-order valence-corrected chi connectivity index (χ0v) is 16.5. The number of nitrogens with zero attached hydrogens (tertiary/aromatic N) is 1. The van der Waals surface area contributed by atoms with E-state index in [9.17, 15) is 15.0 Å². The Morgan fingerprint density at radius 3 is 2.75 bits per heavy atom. The molecule has 4 bridgehead atoms. The van der Waals surface area contributed by atoms with Crippen LogP contribution >= 0.6 is 0 Å². The second-order valence-corrected chi connectivity index (χ2v) is 9.69. The second kappa shape index (κ2) is 6.67. The van der Waals surface area contributed by atoms with Crippen LogP contribution in [0.25, 0.3) is 6.08 Å². The maximum atomic E-state index is 12.9. The first-order chi connectivity index (χ1) is 13.4. The number of rotatable bonds is 6. The largest absolute Gasteiger partial charge is 0.393 e. The Balaban J connectivity index is 1.45. The predicted molar refractivity (Wildman–Crippen MR) is 108 cm³/mol. The van der Waals surface area contributed by atoms with E-state index in [4.69, 9.17) is 0 Å². The van der Waals surface area contributed by atoms with Gasteiger partial charge in [-0.1, -0.05) is 12.2 Å². The number of carbonyl (C=O) groups excluding carboxylic acids is 1. The van der Waals surface area contributed by atoms with E-state index in [1.165, 1.54) is 12.8 Å². The van der Waals surface area contributed by atoms with Crippen molar-refractivity contribution < 1.29 is 15.0 Å². The predicted octanol–water partition coefficient (Wildman–Crippen LogP) is 3.35. The summed E-state index contributed by atoms with van der Waals surface area (Å²) in [7, 11) is 0. The van der Waals surface area contributed by atoms with Crippen LogP contribution in [0.15, 0.2) is 12.3 Å². The van der Waals surface area contributed by atoms with Crippen molar-refractivity contribution in [3.63, 3.8) is 0 Å². The van der Waals surface area contributed by atoms with E-state index in [-0.39, 0.29) is 5.78 Å². The molecular weight excluding hydrogens is 352 g/mol. The second-order valence-electron chi connectivity index (χ2n) is 9.69. The molecule has 0 amide bonds. The average Bonchev–Trinajstić information content (AvgIpc) is 3.10. The maximum absolute atomic E-state index is 12.9. The molecule has 28 heavy (non-hydrogen) atoms. The van der Waals surface area contributed by atoms with Crippen molar-refractivity contribution in [2.75, 3.05) is 5.32 Å². The summed E-state index contributed by atoms with van der Waals surface area (Å²) in [5.41, 5.74) is 3.20. The number of aromatic nitrogens is 1. The summed E-state index contributed by atoms with van der Waals surface area (Å²) in [5.74, 6) is 1.66. The van der Waals surface area contributed by atoms with Crippen molar-refractivity contribution in [1.29, 1.82) is 0 Å². The van der Waals surface area contributed by atoms with Crippen molar-refractivity contribution in [1.82, 2.24) is 4.98 Å². The van der Waals surface area contributed by atoms with Gasteiger partial charge in [0.25, 0.3) is 0 Å². The molecule has 0 aliphatic heterocycles. The summed E-state index contributed by atoms with van der Waals surface area (Å²) in [5, 5.41) is 24.2. The van der Waals surface area contributed by atoms with Crippen LogP contribution in [0.1, 0.15) is 73.5 Å². The molecular formula is C23H30N2O3. The molecule has 3 N–H and O–H groups in total. The number of pyridine rings is 1. The first-order valence-electron chi connectivity index (χ1n) is 10.8. The van der Waals surface area contributed by atoms with Crippen LogP contribution in [-0.4, -0.2) is 38.7 Å². The minimum absolute atomic E-state index is 0.0430. The van der Waals surface area contributed by atoms with E-state index in [1.54, 1.807) is 13.1 Å². The zero-order chi connectivity index (χ0) is 19.5. The van der Waals surface area contributed by atoms with Crippen molar-refractivity contribution >= 4 is 17.5 Å². The van der Waals surface area contributed by atoms with E-state index in [0.29, 0.717) is 42.2 Å². The third-order valence-corrected chi connectivity index (χ3v) is 7.44. The Bertz CT molecular complexity index is 815. The Morgan fingerprint density at radius 1 is 1.32 bits per heavy atom. The number of nitrogens with one attached hydrogen (secondary N) is 1. The highest BCUT2D eigenvalue weighted by atomic mass is 16.3. The van der Waals surface area contributed by atoms with Crippen molar-refractivity contribution in [3.05, 3.63) is 29.1 Å². The Hall–Kier alpha value is -1.72. The van der Waals surface area contributed by atoms with Gasteiger partial charge in [0, 0.05) is 30.6 Å². The van der Waals surface area contributed by atoms with Crippen LogP contribution in [0.3, 0.4) is 0 Å². The van der Waals surface area contributed by atoms with Gasteiger partial charge in [-0.3, -0.25) is 9.78 Å². The average molecular weight is 383 g/mol. The van der Waals surface area contributed by atoms with Gasteiger partial charge in [-0.05, 0) is 63.2 Å². The van der Waals surface area contributed by atoms with Gasteiger partial charge < -0.3 is 15.5 Å². The van der Waals surface area contributed by atoms with Crippen molar-refractivity contribution in [2.45, 2.75) is 76.0 Å². The van der Waals surface area contributed by atoms with Crippen LogP contribution in [0.5, 0.6) is 0 Å². The van der Waals surface area contributed by atoms with Gasteiger partial charge in [-0.15, -0.1) is 0 Å². The lowest BCUT2D eigenvalue weighted by Crippen LogP contribution is -2.59. The molecule has 5 aliphatic carbocycles. The fourth-order valence-corrected chi connectivity index (χ4v) is 6.42. The Kier molecular flexibility index (Phi) is 4.36. The van der Waals surface area contributed by atoms with Gasteiger partial charge in [0.05, 0.1) is 28.6 Å². The first-order valence-corrected chi connectivity index (χ1v) is 10.8. The summed E-state index contributed by atoms with van der Waals surface area (Å²) >= 11 is 0. The van der Waals surface area contributed by atoms with Gasteiger partial charge in [0.1, 0.15) is 0 Å². The summed E-state index contributed by atoms with van der Waals surface area (Å²) in [4.78, 5) is 17.5. The van der Waals surface area contributed by atoms with Gasteiger partial charge in [-0.2, -0.15) is 0 Å². The first kappa shape index (κ1) is 18.3. The third-order valence-electron chi connectivity index (χ3n) is 7.44. The lowest BCUT2D eigenvalue weighted by atomic mass is 9.52. The number of anilines is 1. The number of aliphatic hydroxyl groups excluding tert-OH is 1. The number of Topliss-reactive ketones (excluding diaryl/α,β-unsaturated/α-hetero) is 1. The number of allylic oxidation sites excluding steroid dienone is 1. The summed E-state index contributed by atoms with van der Waals surface area (Å²) in [6, 6.07) is 0.320. The summed E-state index contributed by atoms with van der Waals surface area (Å²) in [6.45, 7) is 1.72. The molecule has 3 unspecified atom stereocenters. The van der Waals surface area contributed by atoms with Gasteiger partial charge in [0.2, 0.25) is 0 Å². The molecule has 4 saturated carbocycles. The summed E-state index contributed by atoms with van der Waals surface area (Å²) in [6.07, 6.45) is 12.1. The highest BCUT2D eigenvalue weighted by molar-refractivity contribution is 6.03. The highest BCUT2D eigenvalue weighted by Gasteiger charge is 2.54. The van der Waals surface area contributed by atoms with Crippen LogP contribution in [-0.2, 0) is 6.42 Å². The van der Waals surface area contributed by atoms with Crippen LogP contribution in [0.2, 0.25) is 0 Å². The van der Waals surface area contributed by atoms with Crippen LogP contribution in [0, 0.1) is 17.8 Å². The lowest BCUT2D eigenvalue weighted by Gasteiger charge is -2.58. The number of aliphatic hydroxyl groups is 2. The number of ketones is 1. The molecule has 6 rings (SSSR count). The normalized spacial score (nSPS) is 35.8. The van der Waals surface area contributed by atoms with Gasteiger partial charge >= 0.3 is 0 Å². The molecule has 1 aromatic rings. The smallest absolute Gasteiger partial charge is 0.166 e. The molecule has 0 spiro atoms. The Labute approximate surface area is 166 Å². The van der Waals surface area contributed by atoms with Gasteiger partial charge in [-0.25, -0.2) is 0 Å². The molecule has 5 heteroatoms. The topological polar surface area (TPSA) is 82.5 Å². The molecule has 5 nitrogen and oxygen atoms in total. The van der Waals surface area contributed by atoms with E-state index in [1.807, 2.05) is 0 Å². The monoisotopic (exact) mass is 382 g/mol. The number of hydrogen-bond acceptors (Lipinski definition) is 5. The molecule has 1 heterocycles. The van der Waals surface area contributed by atoms with E-state index in [0.717, 1.165) is 42.6 Å². The molecule has 5 aliphatic rings. The van der Waals surface area contributed by atoms with Crippen molar-refractivity contribution in [3.8, 4) is 0 Å². The lowest BCUT2D eigenvalue weighted by molar-refractivity contribution is -0.129. The van der Waals surface area contributed by atoms with Crippen LogP contribution in [0.4, 0.5) is 5.69 Å². The standard InChI is InChI=1S/C23H30N2O3/c1-13(26)5-6-20(27)18-12-24-19-4-2-3-17(19)22(18)25-21-15-7-14-8-16(21)11-23(28,9-14)10-15/h2-3,12-16,21,26,28H,4-11H2,1H3,(H,24,25). The van der Waals surface area contributed by atoms with E-state index >= 15 is 0 Å².